The minimum atomic E-state index is -0.363. The molecule has 3 aromatic rings. The summed E-state index contributed by atoms with van der Waals surface area (Å²) < 4.78 is 21.7. The number of halogens is 1. The number of aromatic nitrogens is 3. The van der Waals surface area contributed by atoms with E-state index in [-0.39, 0.29) is 24.3 Å². The highest BCUT2D eigenvalue weighted by Crippen LogP contribution is 2.42. The van der Waals surface area contributed by atoms with Crippen molar-refractivity contribution in [2.45, 2.75) is 31.8 Å². The van der Waals surface area contributed by atoms with Crippen molar-refractivity contribution in [1.82, 2.24) is 19.7 Å². The normalized spacial score (nSPS) is 18.1. The molecule has 0 aliphatic carbocycles. The lowest BCUT2D eigenvalue weighted by atomic mass is 9.90. The van der Waals surface area contributed by atoms with Crippen molar-refractivity contribution in [2.24, 2.45) is 7.05 Å². The summed E-state index contributed by atoms with van der Waals surface area (Å²) in [6.45, 7) is 0.993. The van der Waals surface area contributed by atoms with Crippen LogP contribution in [0.5, 0.6) is 5.88 Å². The second kappa shape index (κ2) is 8.06. The van der Waals surface area contributed by atoms with Crippen LogP contribution in [0.4, 0.5) is 15.9 Å². The number of aryl methyl sites for hydroxylation is 1. The van der Waals surface area contributed by atoms with Gasteiger partial charge in [0, 0.05) is 38.0 Å². The Morgan fingerprint density at radius 3 is 2.82 bits per heavy atom. The molecule has 172 valence electrons. The molecule has 2 aliphatic heterocycles. The van der Waals surface area contributed by atoms with Gasteiger partial charge in [0.1, 0.15) is 11.6 Å². The number of hydrogen-bond acceptors (Lipinski definition) is 6. The Hall–Kier alpha value is -3.62. The largest absolute Gasteiger partial charge is 0.481 e. The molecule has 0 saturated carbocycles. The van der Waals surface area contributed by atoms with E-state index in [1.54, 1.807) is 43.1 Å². The van der Waals surface area contributed by atoms with Crippen molar-refractivity contribution in [3.8, 4) is 17.0 Å². The molecule has 0 radical (unpaired) electrons. The zero-order chi connectivity index (χ0) is 23.3. The molecule has 2 N–H and O–H groups in total. The molecule has 5 rings (SSSR count). The number of methoxy groups -OCH3 is 1. The molecule has 1 saturated heterocycles. The number of pyridine rings is 1. The predicted octanol–water partition coefficient (Wildman–Crippen LogP) is 3.53. The van der Waals surface area contributed by atoms with E-state index >= 15 is 0 Å². The first-order valence-corrected chi connectivity index (χ1v) is 11.1. The van der Waals surface area contributed by atoms with Crippen LogP contribution in [-0.4, -0.2) is 46.3 Å². The molecule has 33 heavy (non-hydrogen) atoms. The molecule has 1 atom stereocenters. The lowest BCUT2D eigenvalue weighted by Crippen LogP contribution is -2.36. The van der Waals surface area contributed by atoms with Gasteiger partial charge in [-0.15, -0.1) is 0 Å². The summed E-state index contributed by atoms with van der Waals surface area (Å²) in [6.07, 6.45) is 4.45. The Kier molecular flexibility index (Phi) is 5.19. The fourth-order valence-corrected chi connectivity index (χ4v) is 5.08. The summed E-state index contributed by atoms with van der Waals surface area (Å²) in [5, 5.41) is 4.63. The second-order valence-corrected chi connectivity index (χ2v) is 8.68. The number of nitrogen functional groups attached to an aromatic ring is 1. The summed E-state index contributed by atoms with van der Waals surface area (Å²) >= 11 is 0. The molecule has 8 nitrogen and oxygen atoms in total. The fraction of sp³-hybridized carbons (Fsp3) is 0.375. The number of nitrogens with two attached hydrogens (primary N) is 1. The van der Waals surface area contributed by atoms with Crippen molar-refractivity contribution in [3.63, 3.8) is 0 Å². The van der Waals surface area contributed by atoms with Crippen molar-refractivity contribution in [2.75, 3.05) is 31.3 Å². The third-order valence-corrected chi connectivity index (χ3v) is 6.60. The number of nitrogens with zero attached hydrogens (tertiary/aromatic N) is 5. The summed E-state index contributed by atoms with van der Waals surface area (Å²) in [4.78, 5) is 21.8. The molecule has 2 aliphatic rings. The van der Waals surface area contributed by atoms with Crippen molar-refractivity contribution in [3.05, 3.63) is 53.1 Å². The molecule has 4 heterocycles. The second-order valence-electron chi connectivity index (χ2n) is 8.68. The van der Waals surface area contributed by atoms with Crippen LogP contribution in [0.3, 0.4) is 0 Å². The third-order valence-electron chi connectivity index (χ3n) is 6.60. The Morgan fingerprint density at radius 2 is 2.03 bits per heavy atom. The summed E-state index contributed by atoms with van der Waals surface area (Å²) in [7, 11) is 5.13. The zero-order valence-electron chi connectivity index (χ0n) is 19.0. The molecular weight excluding hydrogens is 423 g/mol. The smallest absolute Gasteiger partial charge is 0.254 e. The van der Waals surface area contributed by atoms with Gasteiger partial charge in [-0.1, -0.05) is 0 Å². The van der Waals surface area contributed by atoms with Crippen LogP contribution < -0.4 is 15.4 Å². The van der Waals surface area contributed by atoms with E-state index in [0.717, 1.165) is 42.6 Å². The molecule has 1 fully saturated rings. The SMILES string of the molecule is COc1c2c(nn1C)CN(C)C(=O)c1ccc(F)cc1[C@H]1CCCCN1c1cc-2cnc1N. The van der Waals surface area contributed by atoms with Crippen LogP contribution in [0.1, 0.15) is 46.9 Å². The van der Waals surface area contributed by atoms with E-state index in [1.165, 1.54) is 12.1 Å². The number of carbonyl (C=O) groups excluding carboxylic acids is 1. The third kappa shape index (κ3) is 3.48. The number of amides is 1. The van der Waals surface area contributed by atoms with E-state index in [4.69, 9.17) is 10.5 Å². The number of piperidine rings is 1. The highest BCUT2D eigenvalue weighted by molar-refractivity contribution is 5.96. The number of benzene rings is 1. The van der Waals surface area contributed by atoms with E-state index in [9.17, 15) is 9.18 Å². The van der Waals surface area contributed by atoms with Gasteiger partial charge in [-0.2, -0.15) is 5.10 Å². The predicted molar refractivity (Wildman–Crippen MR) is 124 cm³/mol. The van der Waals surface area contributed by atoms with E-state index in [2.05, 4.69) is 15.0 Å². The summed E-state index contributed by atoms with van der Waals surface area (Å²) in [5.74, 6) is 0.437. The Labute approximate surface area is 191 Å². The van der Waals surface area contributed by atoms with E-state index < -0.39 is 0 Å². The van der Waals surface area contributed by atoms with Gasteiger partial charge in [-0.3, -0.25) is 4.79 Å². The van der Waals surface area contributed by atoms with Gasteiger partial charge < -0.3 is 20.3 Å². The number of carbonyl (C=O) groups is 1. The molecule has 1 amide bonds. The minimum absolute atomic E-state index is 0.179. The zero-order valence-corrected chi connectivity index (χ0v) is 19.0. The first kappa shape index (κ1) is 21.2. The van der Waals surface area contributed by atoms with Gasteiger partial charge in [-0.05, 0) is 49.1 Å². The summed E-state index contributed by atoms with van der Waals surface area (Å²) in [6, 6.07) is 6.23. The number of rotatable bonds is 1. The maximum absolute atomic E-state index is 14.4. The van der Waals surface area contributed by atoms with Gasteiger partial charge in [0.25, 0.3) is 5.91 Å². The van der Waals surface area contributed by atoms with E-state index in [1.807, 2.05) is 6.07 Å². The first-order chi connectivity index (χ1) is 15.9. The van der Waals surface area contributed by atoms with Crippen LogP contribution in [0, 0.1) is 5.82 Å². The molecule has 2 bridgehead atoms. The number of fused-ring (bicyclic) bond motifs is 8. The summed E-state index contributed by atoms with van der Waals surface area (Å²) in [5.41, 5.74) is 10.6. The van der Waals surface area contributed by atoms with Crippen molar-refractivity contribution in [1.29, 1.82) is 0 Å². The Balaban J connectivity index is 1.80. The molecule has 0 unspecified atom stereocenters. The fourth-order valence-electron chi connectivity index (χ4n) is 5.08. The van der Waals surface area contributed by atoms with Gasteiger partial charge >= 0.3 is 0 Å². The van der Waals surface area contributed by atoms with Gasteiger partial charge in [0.05, 0.1) is 36.6 Å². The molecule has 0 spiro atoms. The molecular formula is C24H27FN6O2. The highest BCUT2D eigenvalue weighted by Gasteiger charge is 2.32. The standard InChI is InChI=1S/C24H27FN6O2/c1-29-13-18-21(24(33-3)30(2)28-18)14-10-20(22(26)27-12-14)31-9-5-4-6-19(31)17-11-15(25)7-8-16(17)23(29)32/h7-8,10-12,19H,4-6,9,13H2,1-3H3,(H2,26,27)/t19-/m1/s1. The lowest BCUT2D eigenvalue weighted by Gasteiger charge is -2.39. The Morgan fingerprint density at radius 1 is 1.21 bits per heavy atom. The molecule has 1 aromatic carbocycles. The van der Waals surface area contributed by atoms with Crippen LogP contribution in [-0.2, 0) is 13.6 Å². The van der Waals surface area contributed by atoms with Crippen LogP contribution in [0.2, 0.25) is 0 Å². The Bertz CT molecular complexity index is 1240. The topological polar surface area (TPSA) is 89.5 Å². The average Bonchev–Trinajstić information content (AvgIpc) is 3.12. The van der Waals surface area contributed by atoms with E-state index in [0.29, 0.717) is 28.5 Å². The average molecular weight is 451 g/mol. The first-order valence-electron chi connectivity index (χ1n) is 11.1. The lowest BCUT2D eigenvalue weighted by molar-refractivity contribution is 0.0781. The van der Waals surface area contributed by atoms with Crippen molar-refractivity contribution < 1.29 is 13.9 Å². The number of anilines is 2. The van der Waals surface area contributed by atoms with Crippen LogP contribution >= 0.6 is 0 Å². The highest BCUT2D eigenvalue weighted by atomic mass is 19.1. The minimum Gasteiger partial charge on any atom is -0.481 e. The maximum atomic E-state index is 14.4. The van der Waals surface area contributed by atoms with Gasteiger partial charge in [-0.25, -0.2) is 14.1 Å². The molecule has 2 aromatic heterocycles. The van der Waals surface area contributed by atoms with Gasteiger partial charge in [0.15, 0.2) is 0 Å². The number of ether oxygens (including phenoxy) is 1. The van der Waals surface area contributed by atoms with Gasteiger partial charge in [0.2, 0.25) is 5.88 Å². The maximum Gasteiger partial charge on any atom is 0.254 e. The van der Waals surface area contributed by atoms with Crippen LogP contribution in [0.25, 0.3) is 11.1 Å². The molecule has 9 heteroatoms. The monoisotopic (exact) mass is 450 g/mol. The number of hydrogen-bond donors (Lipinski definition) is 1. The quantitative estimate of drug-likeness (QED) is 0.610. The van der Waals surface area contributed by atoms with Crippen molar-refractivity contribution >= 4 is 17.4 Å². The van der Waals surface area contributed by atoms with Crippen LogP contribution in [0.15, 0.2) is 30.5 Å².